The maximum Gasteiger partial charge on any atom is 0.126 e. The minimum absolute atomic E-state index is 0.110. The topological polar surface area (TPSA) is 37.8 Å². The maximum atomic E-state index is 13.6. The van der Waals surface area contributed by atoms with Crippen molar-refractivity contribution in [1.82, 2.24) is 14.9 Å². The number of hydrogen-bond acceptors (Lipinski definition) is 4. The molecule has 0 amide bonds. The molecule has 96 valence electrons. The summed E-state index contributed by atoms with van der Waals surface area (Å²) in [6, 6.07) is 3.38. The van der Waals surface area contributed by atoms with Crippen LogP contribution in [-0.4, -0.2) is 16.6 Å². The molecule has 2 rings (SSSR count). The highest BCUT2D eigenvalue weighted by Gasteiger charge is 2.18. The second-order valence-electron chi connectivity index (χ2n) is 4.00. The van der Waals surface area contributed by atoms with E-state index in [4.69, 9.17) is 0 Å². The van der Waals surface area contributed by atoms with E-state index in [1.165, 1.54) is 17.6 Å². The molecule has 0 bridgehead atoms. The van der Waals surface area contributed by atoms with Crippen molar-refractivity contribution in [3.63, 3.8) is 0 Å². The lowest BCUT2D eigenvalue weighted by molar-refractivity contribution is 0.546. The first-order valence-corrected chi connectivity index (χ1v) is 6.29. The minimum Gasteiger partial charge on any atom is -0.312 e. The molecule has 1 aromatic carbocycles. The molecule has 18 heavy (non-hydrogen) atoms. The standard InChI is InChI=1S/C12H13F2N3S/c1-7-12(18-17-16-7)11(15-2)6-8-5-9(13)3-4-10(8)14/h3-5,11,15H,6H2,1-2H3. The summed E-state index contributed by atoms with van der Waals surface area (Å²) in [6.07, 6.45) is 0.366. The summed E-state index contributed by atoms with van der Waals surface area (Å²) in [5.41, 5.74) is 1.17. The largest absolute Gasteiger partial charge is 0.312 e. The molecule has 0 aliphatic rings. The van der Waals surface area contributed by atoms with Crippen molar-refractivity contribution in [2.24, 2.45) is 0 Å². The first-order chi connectivity index (χ1) is 8.61. The van der Waals surface area contributed by atoms with Crippen molar-refractivity contribution in [2.75, 3.05) is 7.05 Å². The second kappa shape index (κ2) is 5.49. The number of benzene rings is 1. The molecule has 1 atom stereocenters. The fraction of sp³-hybridized carbons (Fsp3) is 0.333. The third-order valence-electron chi connectivity index (χ3n) is 2.78. The van der Waals surface area contributed by atoms with Crippen molar-refractivity contribution in [1.29, 1.82) is 0 Å². The van der Waals surface area contributed by atoms with Crippen molar-refractivity contribution in [2.45, 2.75) is 19.4 Å². The van der Waals surface area contributed by atoms with E-state index in [0.29, 0.717) is 12.0 Å². The Morgan fingerprint density at radius 2 is 2.17 bits per heavy atom. The molecule has 0 saturated heterocycles. The van der Waals surface area contributed by atoms with Gasteiger partial charge in [-0.1, -0.05) is 4.49 Å². The molecule has 0 spiro atoms. The molecule has 1 aromatic heterocycles. The summed E-state index contributed by atoms with van der Waals surface area (Å²) in [4.78, 5) is 0.946. The summed E-state index contributed by atoms with van der Waals surface area (Å²) in [5, 5.41) is 7.01. The Labute approximate surface area is 108 Å². The van der Waals surface area contributed by atoms with Gasteiger partial charge in [0.05, 0.1) is 10.6 Å². The van der Waals surface area contributed by atoms with E-state index in [0.717, 1.165) is 22.7 Å². The molecule has 0 fully saturated rings. The lowest BCUT2D eigenvalue weighted by Gasteiger charge is -2.15. The average Bonchev–Trinajstić information content (AvgIpc) is 2.77. The average molecular weight is 269 g/mol. The van der Waals surface area contributed by atoms with Crippen LogP contribution in [0.4, 0.5) is 8.78 Å². The molecule has 0 aliphatic heterocycles. The van der Waals surface area contributed by atoms with E-state index in [9.17, 15) is 8.78 Å². The number of aryl methyl sites for hydroxylation is 1. The van der Waals surface area contributed by atoms with E-state index in [1.807, 2.05) is 6.92 Å². The van der Waals surface area contributed by atoms with Gasteiger partial charge in [-0.25, -0.2) is 8.78 Å². The molecular weight excluding hydrogens is 256 g/mol. The van der Waals surface area contributed by atoms with Gasteiger partial charge in [-0.05, 0) is 55.7 Å². The highest BCUT2D eigenvalue weighted by atomic mass is 32.1. The van der Waals surface area contributed by atoms with Crippen molar-refractivity contribution < 1.29 is 8.78 Å². The van der Waals surface area contributed by atoms with E-state index in [2.05, 4.69) is 14.9 Å². The van der Waals surface area contributed by atoms with Crippen molar-refractivity contribution in [3.05, 3.63) is 46.0 Å². The van der Waals surface area contributed by atoms with Crippen LogP contribution in [0.25, 0.3) is 0 Å². The van der Waals surface area contributed by atoms with Gasteiger partial charge < -0.3 is 5.32 Å². The molecular formula is C12H13F2N3S. The van der Waals surface area contributed by atoms with Gasteiger partial charge in [-0.2, -0.15) is 0 Å². The molecule has 2 aromatic rings. The minimum atomic E-state index is -0.430. The zero-order valence-electron chi connectivity index (χ0n) is 10.1. The van der Waals surface area contributed by atoms with Crippen LogP contribution in [0.5, 0.6) is 0 Å². The fourth-order valence-corrected chi connectivity index (χ4v) is 2.55. The number of nitrogens with one attached hydrogen (secondary N) is 1. The molecule has 6 heteroatoms. The number of nitrogens with zero attached hydrogens (tertiary/aromatic N) is 2. The Balaban J connectivity index is 2.26. The third-order valence-corrected chi connectivity index (χ3v) is 3.72. The molecule has 3 nitrogen and oxygen atoms in total. The van der Waals surface area contributed by atoms with Gasteiger partial charge >= 0.3 is 0 Å². The molecule has 0 aliphatic carbocycles. The van der Waals surface area contributed by atoms with Crippen LogP contribution >= 0.6 is 11.5 Å². The second-order valence-corrected chi connectivity index (χ2v) is 4.79. The zero-order chi connectivity index (χ0) is 13.1. The highest BCUT2D eigenvalue weighted by Crippen LogP contribution is 2.24. The van der Waals surface area contributed by atoms with Crippen LogP contribution in [-0.2, 0) is 6.42 Å². The number of halogens is 2. The predicted molar refractivity (Wildman–Crippen MR) is 66.5 cm³/mol. The van der Waals surface area contributed by atoms with Gasteiger partial charge in [0.1, 0.15) is 11.6 Å². The zero-order valence-corrected chi connectivity index (χ0v) is 10.9. The van der Waals surface area contributed by atoms with Crippen LogP contribution in [0.15, 0.2) is 18.2 Å². The first-order valence-electron chi connectivity index (χ1n) is 5.52. The molecule has 0 radical (unpaired) electrons. The predicted octanol–water partition coefficient (Wildman–Crippen LogP) is 2.63. The SMILES string of the molecule is CNC(Cc1cc(F)ccc1F)c1snnc1C. The lowest BCUT2D eigenvalue weighted by atomic mass is 10.0. The van der Waals surface area contributed by atoms with Gasteiger partial charge in [-0.3, -0.25) is 0 Å². The van der Waals surface area contributed by atoms with Crippen molar-refractivity contribution >= 4 is 11.5 Å². The summed E-state index contributed by atoms with van der Waals surface area (Å²) in [5.74, 6) is -0.827. The third kappa shape index (κ3) is 2.70. The fourth-order valence-electron chi connectivity index (χ4n) is 1.80. The van der Waals surface area contributed by atoms with Crippen LogP contribution < -0.4 is 5.32 Å². The summed E-state index contributed by atoms with van der Waals surface area (Å²) >= 11 is 1.27. The molecule has 1 unspecified atom stereocenters. The van der Waals surface area contributed by atoms with Gasteiger partial charge in [0.2, 0.25) is 0 Å². The Hall–Kier alpha value is -1.40. The van der Waals surface area contributed by atoms with Gasteiger partial charge in [-0.15, -0.1) is 5.10 Å². The van der Waals surface area contributed by atoms with E-state index < -0.39 is 11.6 Å². The number of aromatic nitrogens is 2. The number of hydrogen-bond donors (Lipinski definition) is 1. The molecule has 1 heterocycles. The van der Waals surface area contributed by atoms with E-state index in [-0.39, 0.29) is 6.04 Å². The Bertz CT molecular complexity index is 542. The molecule has 1 N–H and O–H groups in total. The van der Waals surface area contributed by atoms with E-state index >= 15 is 0 Å². The van der Waals surface area contributed by atoms with E-state index in [1.54, 1.807) is 7.05 Å². The summed E-state index contributed by atoms with van der Waals surface area (Å²) in [6.45, 7) is 1.85. The van der Waals surface area contributed by atoms with Crippen LogP contribution in [0.3, 0.4) is 0 Å². The smallest absolute Gasteiger partial charge is 0.126 e. The lowest BCUT2D eigenvalue weighted by Crippen LogP contribution is -2.19. The van der Waals surface area contributed by atoms with Gasteiger partial charge in [0, 0.05) is 6.04 Å². The molecule has 0 saturated carbocycles. The van der Waals surface area contributed by atoms with Gasteiger partial charge in [0.15, 0.2) is 0 Å². The highest BCUT2D eigenvalue weighted by molar-refractivity contribution is 7.05. The monoisotopic (exact) mass is 269 g/mol. The summed E-state index contributed by atoms with van der Waals surface area (Å²) in [7, 11) is 1.78. The van der Waals surface area contributed by atoms with Crippen LogP contribution in [0, 0.1) is 18.6 Å². The Kier molecular flexibility index (Phi) is 3.98. The van der Waals surface area contributed by atoms with Gasteiger partial charge in [0.25, 0.3) is 0 Å². The normalized spacial score (nSPS) is 12.7. The number of likely N-dealkylation sites (N-methyl/N-ethyl adjacent to an activating group) is 1. The quantitative estimate of drug-likeness (QED) is 0.927. The Morgan fingerprint density at radius 1 is 1.39 bits per heavy atom. The Morgan fingerprint density at radius 3 is 2.78 bits per heavy atom. The van der Waals surface area contributed by atoms with Crippen LogP contribution in [0.2, 0.25) is 0 Å². The maximum absolute atomic E-state index is 13.6. The number of rotatable bonds is 4. The first kappa shape index (κ1) is 13.0. The van der Waals surface area contributed by atoms with Crippen molar-refractivity contribution in [3.8, 4) is 0 Å². The van der Waals surface area contributed by atoms with Crippen LogP contribution in [0.1, 0.15) is 22.2 Å². The summed E-state index contributed by atoms with van der Waals surface area (Å²) < 4.78 is 30.6.